The average molecular weight is 252 g/mol. The number of hydrogen-bond donors (Lipinski definition) is 0. The van der Waals surface area contributed by atoms with Crippen LogP contribution < -0.4 is 4.90 Å². The third-order valence-electron chi connectivity index (χ3n) is 2.06. The first-order valence-electron chi connectivity index (χ1n) is 5.52. The Bertz CT molecular complexity index is 394. The van der Waals surface area contributed by atoms with Crippen LogP contribution in [0.5, 0.6) is 0 Å². The Morgan fingerprint density at radius 2 is 1.94 bits per heavy atom. The van der Waals surface area contributed by atoms with Crippen molar-refractivity contribution in [1.82, 2.24) is 4.98 Å². The molecule has 0 amide bonds. The van der Waals surface area contributed by atoms with Crippen LogP contribution >= 0.6 is 0 Å². The van der Waals surface area contributed by atoms with E-state index in [-0.39, 0.29) is 25.3 Å². The van der Waals surface area contributed by atoms with E-state index in [0.717, 1.165) is 0 Å². The molecule has 18 heavy (non-hydrogen) atoms. The van der Waals surface area contributed by atoms with Crippen LogP contribution in [0, 0.1) is 0 Å². The van der Waals surface area contributed by atoms with Crippen LogP contribution in [0.2, 0.25) is 0 Å². The summed E-state index contributed by atoms with van der Waals surface area (Å²) in [6.07, 6.45) is 1.64. The molecule has 1 heterocycles. The molecule has 1 aromatic rings. The molecule has 0 saturated carbocycles. The van der Waals surface area contributed by atoms with E-state index in [9.17, 15) is 9.59 Å². The van der Waals surface area contributed by atoms with Crippen LogP contribution in [0.15, 0.2) is 24.4 Å². The van der Waals surface area contributed by atoms with Crippen molar-refractivity contribution in [2.75, 3.05) is 24.8 Å². The molecular formula is C12H16N2O4. The number of ether oxygens (including phenoxy) is 2. The van der Waals surface area contributed by atoms with Gasteiger partial charge in [0, 0.05) is 20.0 Å². The Labute approximate surface area is 106 Å². The van der Waals surface area contributed by atoms with Gasteiger partial charge in [0.2, 0.25) is 0 Å². The second-order valence-corrected chi connectivity index (χ2v) is 3.56. The average Bonchev–Trinajstić information content (AvgIpc) is 2.34. The van der Waals surface area contributed by atoms with Gasteiger partial charge in [-0.2, -0.15) is 0 Å². The van der Waals surface area contributed by atoms with E-state index in [1.807, 2.05) is 6.07 Å². The summed E-state index contributed by atoms with van der Waals surface area (Å²) in [5.41, 5.74) is 0. The van der Waals surface area contributed by atoms with Crippen LogP contribution in [0.1, 0.15) is 13.8 Å². The molecule has 6 nitrogen and oxygen atoms in total. The van der Waals surface area contributed by atoms with Gasteiger partial charge in [0.05, 0.1) is 6.54 Å². The highest BCUT2D eigenvalue weighted by molar-refractivity contribution is 5.66. The molecule has 0 atom stereocenters. The number of anilines is 1. The minimum absolute atomic E-state index is 0.0770. The van der Waals surface area contributed by atoms with Crippen LogP contribution in [0.3, 0.4) is 0 Å². The Morgan fingerprint density at radius 1 is 1.22 bits per heavy atom. The molecule has 0 N–H and O–H groups in total. The van der Waals surface area contributed by atoms with Gasteiger partial charge in [-0.15, -0.1) is 0 Å². The normalized spacial score (nSPS) is 9.67. The highest BCUT2D eigenvalue weighted by Gasteiger charge is 2.09. The van der Waals surface area contributed by atoms with Crippen LogP contribution in [-0.2, 0) is 19.1 Å². The molecule has 0 saturated heterocycles. The van der Waals surface area contributed by atoms with Gasteiger partial charge >= 0.3 is 11.9 Å². The molecule has 6 heteroatoms. The summed E-state index contributed by atoms with van der Waals surface area (Å²) in [5.74, 6) is -0.0576. The molecule has 0 aliphatic carbocycles. The molecule has 0 bridgehead atoms. The topological polar surface area (TPSA) is 68.7 Å². The lowest BCUT2D eigenvalue weighted by atomic mass is 10.4. The van der Waals surface area contributed by atoms with Gasteiger partial charge in [-0.25, -0.2) is 4.98 Å². The number of aromatic nitrogens is 1. The SMILES string of the molecule is CC(=O)OCCN(COC(C)=O)c1ccccn1. The molecule has 0 fully saturated rings. The summed E-state index contributed by atoms with van der Waals surface area (Å²) in [6.45, 7) is 3.38. The summed E-state index contributed by atoms with van der Waals surface area (Å²) < 4.78 is 9.77. The highest BCUT2D eigenvalue weighted by atomic mass is 16.5. The van der Waals surface area contributed by atoms with Crippen molar-refractivity contribution in [3.05, 3.63) is 24.4 Å². The van der Waals surface area contributed by atoms with E-state index in [1.165, 1.54) is 13.8 Å². The van der Waals surface area contributed by atoms with E-state index in [4.69, 9.17) is 9.47 Å². The van der Waals surface area contributed by atoms with E-state index in [1.54, 1.807) is 23.2 Å². The predicted molar refractivity (Wildman–Crippen MR) is 64.8 cm³/mol. The molecule has 0 spiro atoms. The Hall–Kier alpha value is -2.11. The third kappa shape index (κ3) is 5.29. The lowest BCUT2D eigenvalue weighted by molar-refractivity contribution is -0.143. The summed E-state index contributed by atoms with van der Waals surface area (Å²) in [7, 11) is 0. The van der Waals surface area contributed by atoms with Crippen LogP contribution in [0.25, 0.3) is 0 Å². The molecule has 0 aliphatic heterocycles. The lowest BCUT2D eigenvalue weighted by Gasteiger charge is -2.22. The molecule has 0 aliphatic rings. The zero-order valence-corrected chi connectivity index (χ0v) is 10.5. The Morgan fingerprint density at radius 3 is 2.50 bits per heavy atom. The quantitative estimate of drug-likeness (QED) is 0.555. The maximum atomic E-state index is 10.8. The van der Waals surface area contributed by atoms with Gasteiger partial charge in [-0.05, 0) is 12.1 Å². The minimum Gasteiger partial charge on any atom is -0.464 e. The molecule has 0 unspecified atom stereocenters. The monoisotopic (exact) mass is 252 g/mol. The maximum absolute atomic E-state index is 10.8. The first kappa shape index (κ1) is 14.0. The van der Waals surface area contributed by atoms with E-state index in [2.05, 4.69) is 4.98 Å². The first-order chi connectivity index (χ1) is 8.59. The van der Waals surface area contributed by atoms with Gasteiger partial charge in [0.15, 0.2) is 6.73 Å². The second-order valence-electron chi connectivity index (χ2n) is 3.56. The van der Waals surface area contributed by atoms with Gasteiger partial charge < -0.3 is 14.4 Å². The zero-order valence-electron chi connectivity index (χ0n) is 10.5. The highest BCUT2D eigenvalue weighted by Crippen LogP contribution is 2.08. The summed E-state index contributed by atoms with van der Waals surface area (Å²) in [4.78, 5) is 27.4. The van der Waals surface area contributed by atoms with Crippen molar-refractivity contribution in [3.8, 4) is 0 Å². The number of hydrogen-bond acceptors (Lipinski definition) is 6. The number of rotatable bonds is 6. The molecule has 1 aromatic heterocycles. The van der Waals surface area contributed by atoms with Gasteiger partial charge in [-0.3, -0.25) is 9.59 Å². The van der Waals surface area contributed by atoms with Gasteiger partial charge in [0.1, 0.15) is 12.4 Å². The number of pyridine rings is 1. The summed E-state index contributed by atoms with van der Waals surface area (Å²) in [5, 5.41) is 0. The maximum Gasteiger partial charge on any atom is 0.304 e. The van der Waals surface area contributed by atoms with E-state index in [0.29, 0.717) is 12.4 Å². The second kappa shape index (κ2) is 7.26. The fourth-order valence-electron chi connectivity index (χ4n) is 1.25. The molecule has 1 rings (SSSR count). The number of carbonyl (C=O) groups excluding carboxylic acids is 2. The van der Waals surface area contributed by atoms with Crippen molar-refractivity contribution in [1.29, 1.82) is 0 Å². The summed E-state index contributed by atoms with van der Waals surface area (Å²) in [6, 6.07) is 5.41. The number of carbonyl (C=O) groups is 2. The largest absolute Gasteiger partial charge is 0.464 e. The van der Waals surface area contributed by atoms with Crippen molar-refractivity contribution >= 4 is 17.8 Å². The zero-order chi connectivity index (χ0) is 13.4. The molecule has 98 valence electrons. The first-order valence-corrected chi connectivity index (χ1v) is 5.52. The number of esters is 2. The Balaban J connectivity index is 2.57. The predicted octanol–water partition coefficient (Wildman–Crippen LogP) is 0.972. The fourth-order valence-corrected chi connectivity index (χ4v) is 1.25. The Kier molecular flexibility index (Phi) is 5.63. The standard InChI is InChI=1S/C12H16N2O4/c1-10(15)17-8-7-14(9-18-11(2)16)12-5-3-4-6-13-12/h3-6H,7-9H2,1-2H3. The van der Waals surface area contributed by atoms with E-state index < -0.39 is 0 Å². The van der Waals surface area contributed by atoms with Crippen molar-refractivity contribution < 1.29 is 19.1 Å². The molecule has 0 aromatic carbocycles. The molecular weight excluding hydrogens is 236 g/mol. The fraction of sp³-hybridized carbons (Fsp3) is 0.417. The van der Waals surface area contributed by atoms with E-state index >= 15 is 0 Å². The van der Waals surface area contributed by atoms with Crippen LogP contribution in [-0.4, -0.2) is 36.8 Å². The smallest absolute Gasteiger partial charge is 0.304 e. The van der Waals surface area contributed by atoms with Gasteiger partial charge in [0.25, 0.3) is 0 Å². The molecule has 0 radical (unpaired) electrons. The van der Waals surface area contributed by atoms with Crippen molar-refractivity contribution in [2.45, 2.75) is 13.8 Å². The van der Waals surface area contributed by atoms with Crippen molar-refractivity contribution in [2.24, 2.45) is 0 Å². The van der Waals surface area contributed by atoms with Crippen molar-refractivity contribution in [3.63, 3.8) is 0 Å². The summed E-state index contributed by atoms with van der Waals surface area (Å²) >= 11 is 0. The lowest BCUT2D eigenvalue weighted by Crippen LogP contribution is -2.31. The van der Waals surface area contributed by atoms with Gasteiger partial charge in [-0.1, -0.05) is 6.07 Å². The third-order valence-corrected chi connectivity index (χ3v) is 2.06. The number of nitrogens with zero attached hydrogens (tertiary/aromatic N) is 2. The van der Waals surface area contributed by atoms with Crippen LogP contribution in [0.4, 0.5) is 5.82 Å². The minimum atomic E-state index is -0.372.